The Labute approximate surface area is 194 Å². The molecule has 0 aromatic heterocycles. The van der Waals surface area contributed by atoms with Crippen molar-refractivity contribution in [2.24, 2.45) is 5.41 Å². The van der Waals surface area contributed by atoms with Crippen molar-refractivity contribution in [3.8, 4) is 0 Å². The Morgan fingerprint density at radius 2 is 1.85 bits per heavy atom. The van der Waals surface area contributed by atoms with Crippen molar-refractivity contribution >= 4 is 34.9 Å². The minimum atomic E-state index is -0.988. The van der Waals surface area contributed by atoms with Gasteiger partial charge >= 0.3 is 5.97 Å². The molecule has 1 atom stereocenters. The summed E-state index contributed by atoms with van der Waals surface area (Å²) >= 11 is 5.96. The van der Waals surface area contributed by atoms with Crippen LogP contribution >= 0.6 is 11.6 Å². The molecule has 170 valence electrons. The Morgan fingerprint density at radius 3 is 2.55 bits per heavy atom. The number of anilines is 2. The second-order valence-corrected chi connectivity index (χ2v) is 9.14. The lowest BCUT2D eigenvalue weighted by molar-refractivity contribution is 0.0696. The van der Waals surface area contributed by atoms with E-state index in [4.69, 9.17) is 11.6 Å². The molecule has 0 saturated heterocycles. The molecule has 3 aromatic rings. The average Bonchev–Trinajstić information content (AvgIpc) is 2.73. The molecule has 0 radical (unpaired) electrons. The van der Waals surface area contributed by atoms with Gasteiger partial charge in [-0.05, 0) is 71.5 Å². The van der Waals surface area contributed by atoms with Crippen molar-refractivity contribution in [3.05, 3.63) is 93.5 Å². The molecule has 0 saturated carbocycles. The fourth-order valence-electron chi connectivity index (χ4n) is 4.17. The number of carboxylic acids is 1. The molecule has 1 unspecified atom stereocenters. The Kier molecular flexibility index (Phi) is 5.84. The van der Waals surface area contributed by atoms with Crippen LogP contribution in [-0.2, 0) is 6.42 Å². The molecule has 1 amide bonds. The molecule has 0 spiro atoms. The van der Waals surface area contributed by atoms with E-state index in [9.17, 15) is 23.5 Å². The van der Waals surface area contributed by atoms with Crippen molar-refractivity contribution in [2.75, 3.05) is 10.6 Å². The van der Waals surface area contributed by atoms with E-state index in [0.717, 1.165) is 28.9 Å². The van der Waals surface area contributed by atoms with Crippen LogP contribution in [0.5, 0.6) is 0 Å². The topological polar surface area (TPSA) is 78.4 Å². The van der Waals surface area contributed by atoms with Gasteiger partial charge in [-0.1, -0.05) is 31.5 Å². The first-order valence-electron chi connectivity index (χ1n) is 10.2. The molecule has 4 rings (SSSR count). The molecule has 0 fully saturated rings. The lowest BCUT2D eigenvalue weighted by Gasteiger charge is -2.41. The number of benzene rings is 3. The van der Waals surface area contributed by atoms with Crippen molar-refractivity contribution in [1.29, 1.82) is 0 Å². The summed E-state index contributed by atoms with van der Waals surface area (Å²) in [5.74, 6) is -2.84. The number of carbonyl (C=O) groups excluding carboxylic acids is 1. The van der Waals surface area contributed by atoms with Crippen molar-refractivity contribution in [2.45, 2.75) is 26.3 Å². The molecule has 8 heteroatoms. The Balaban J connectivity index is 1.64. The van der Waals surface area contributed by atoms with E-state index in [1.807, 2.05) is 13.8 Å². The largest absolute Gasteiger partial charge is 0.478 e. The monoisotopic (exact) mass is 470 g/mol. The Bertz CT molecular complexity index is 1280. The second kappa shape index (κ2) is 8.48. The van der Waals surface area contributed by atoms with E-state index < -0.39 is 23.5 Å². The number of carboxylic acid groups (broad SMARTS) is 1. The lowest BCUT2D eigenvalue weighted by Crippen LogP contribution is -2.35. The molecule has 1 heterocycles. The van der Waals surface area contributed by atoms with Crippen LogP contribution in [0, 0.1) is 17.0 Å². The summed E-state index contributed by atoms with van der Waals surface area (Å²) in [6.07, 6.45) is 0.603. The number of halogens is 3. The number of hydrogen-bond acceptors (Lipinski definition) is 3. The zero-order valence-electron chi connectivity index (χ0n) is 17.9. The van der Waals surface area contributed by atoms with Gasteiger partial charge in [-0.25, -0.2) is 13.6 Å². The molecule has 3 N–H and O–H groups in total. The smallest absolute Gasteiger partial charge is 0.335 e. The molecule has 0 aliphatic carbocycles. The highest BCUT2D eigenvalue weighted by Gasteiger charge is 2.36. The number of rotatable bonds is 4. The van der Waals surface area contributed by atoms with Gasteiger partial charge in [0.2, 0.25) is 0 Å². The van der Waals surface area contributed by atoms with Gasteiger partial charge in [-0.15, -0.1) is 0 Å². The first kappa shape index (κ1) is 22.7. The molecule has 1 aliphatic heterocycles. The zero-order chi connectivity index (χ0) is 23.9. The normalized spacial score (nSPS) is 16.5. The zero-order valence-corrected chi connectivity index (χ0v) is 18.6. The Hall–Kier alpha value is -3.45. The van der Waals surface area contributed by atoms with Crippen LogP contribution in [0.1, 0.15) is 51.7 Å². The van der Waals surface area contributed by atoms with Crippen LogP contribution in [0.4, 0.5) is 20.2 Å². The molecule has 3 aromatic carbocycles. The third-order valence-corrected chi connectivity index (χ3v) is 6.14. The fraction of sp³-hybridized carbons (Fsp3) is 0.200. The predicted molar refractivity (Wildman–Crippen MR) is 123 cm³/mol. The maximum Gasteiger partial charge on any atom is 0.335 e. The summed E-state index contributed by atoms with van der Waals surface area (Å²) in [6, 6.07) is 12.5. The number of fused-ring (bicyclic) bond motifs is 1. The molecule has 5 nitrogen and oxygen atoms in total. The van der Waals surface area contributed by atoms with Gasteiger partial charge in [-0.3, -0.25) is 4.79 Å². The fourth-order valence-corrected chi connectivity index (χ4v) is 4.43. The average molecular weight is 471 g/mol. The second-order valence-electron chi connectivity index (χ2n) is 8.74. The standard InChI is InChI=1S/C25H21ClF2N2O3/c1-25(2)12-15-9-14(24(32)33)4-8-20(15)29-22(25)13-3-7-19(28)21(10-13)30-23(31)17-6-5-16(27)11-18(17)26/h3-11,22,29H,12H2,1-2H3,(H,30,31)(H,32,33). The summed E-state index contributed by atoms with van der Waals surface area (Å²) in [4.78, 5) is 23.9. The van der Waals surface area contributed by atoms with E-state index in [-0.39, 0.29) is 33.3 Å². The number of amides is 1. The summed E-state index contributed by atoms with van der Waals surface area (Å²) < 4.78 is 27.8. The quantitative estimate of drug-likeness (QED) is 0.418. The third kappa shape index (κ3) is 4.54. The third-order valence-electron chi connectivity index (χ3n) is 5.83. The van der Waals surface area contributed by atoms with Crippen LogP contribution in [-0.4, -0.2) is 17.0 Å². The number of hydrogen-bond donors (Lipinski definition) is 3. The van der Waals surface area contributed by atoms with Crippen molar-refractivity contribution in [3.63, 3.8) is 0 Å². The van der Waals surface area contributed by atoms with Gasteiger partial charge < -0.3 is 15.7 Å². The Morgan fingerprint density at radius 1 is 1.09 bits per heavy atom. The van der Waals surface area contributed by atoms with Crippen LogP contribution in [0.25, 0.3) is 0 Å². The van der Waals surface area contributed by atoms with E-state index >= 15 is 0 Å². The molecule has 33 heavy (non-hydrogen) atoms. The highest BCUT2D eigenvalue weighted by molar-refractivity contribution is 6.34. The lowest BCUT2D eigenvalue weighted by atomic mass is 9.72. The van der Waals surface area contributed by atoms with Gasteiger partial charge in [-0.2, -0.15) is 0 Å². The maximum absolute atomic E-state index is 14.5. The van der Waals surface area contributed by atoms with E-state index in [1.165, 1.54) is 18.2 Å². The van der Waals surface area contributed by atoms with Gasteiger partial charge in [0.1, 0.15) is 11.6 Å². The first-order chi connectivity index (χ1) is 15.5. The van der Waals surface area contributed by atoms with Gasteiger partial charge in [0.05, 0.1) is 27.9 Å². The molecular weight excluding hydrogens is 450 g/mol. The van der Waals surface area contributed by atoms with Crippen LogP contribution in [0.2, 0.25) is 5.02 Å². The predicted octanol–water partition coefficient (Wildman–Crippen LogP) is 6.30. The minimum absolute atomic E-state index is 0.0255. The molecule has 0 bridgehead atoms. The summed E-state index contributed by atoms with van der Waals surface area (Å²) in [5, 5.41) is 15.1. The minimum Gasteiger partial charge on any atom is -0.478 e. The summed E-state index contributed by atoms with van der Waals surface area (Å²) in [6.45, 7) is 4.06. The first-order valence-corrected chi connectivity index (χ1v) is 10.6. The van der Waals surface area contributed by atoms with E-state index in [2.05, 4.69) is 10.6 Å². The summed E-state index contributed by atoms with van der Waals surface area (Å²) in [5.41, 5.74) is 2.31. The van der Waals surface area contributed by atoms with Crippen LogP contribution in [0.3, 0.4) is 0 Å². The SMILES string of the molecule is CC1(C)Cc2cc(C(=O)O)ccc2NC1c1ccc(F)c(NC(=O)c2ccc(F)cc2Cl)c1. The highest BCUT2D eigenvalue weighted by atomic mass is 35.5. The maximum atomic E-state index is 14.5. The highest BCUT2D eigenvalue weighted by Crippen LogP contribution is 2.45. The van der Waals surface area contributed by atoms with Crippen molar-refractivity contribution in [1.82, 2.24) is 0 Å². The summed E-state index contributed by atoms with van der Waals surface area (Å²) in [7, 11) is 0. The van der Waals surface area contributed by atoms with E-state index in [0.29, 0.717) is 6.42 Å². The number of carbonyl (C=O) groups is 2. The van der Waals surface area contributed by atoms with Gasteiger partial charge in [0.15, 0.2) is 0 Å². The van der Waals surface area contributed by atoms with Crippen LogP contribution < -0.4 is 10.6 Å². The number of nitrogens with one attached hydrogen (secondary N) is 2. The van der Waals surface area contributed by atoms with Gasteiger partial charge in [0, 0.05) is 5.69 Å². The van der Waals surface area contributed by atoms with Crippen LogP contribution in [0.15, 0.2) is 54.6 Å². The van der Waals surface area contributed by atoms with Crippen molar-refractivity contribution < 1.29 is 23.5 Å². The molecule has 1 aliphatic rings. The number of aromatic carboxylic acids is 1. The van der Waals surface area contributed by atoms with E-state index in [1.54, 1.807) is 24.3 Å². The van der Waals surface area contributed by atoms with Gasteiger partial charge in [0.25, 0.3) is 5.91 Å². The molecular formula is C25H21ClF2N2O3.